The summed E-state index contributed by atoms with van der Waals surface area (Å²) >= 11 is 0. The summed E-state index contributed by atoms with van der Waals surface area (Å²) < 4.78 is 5.21. The van der Waals surface area contributed by atoms with Gasteiger partial charge in [0.25, 0.3) is 0 Å². The van der Waals surface area contributed by atoms with Crippen molar-refractivity contribution in [2.24, 2.45) is 5.41 Å². The molecule has 2 heteroatoms. The Kier molecular flexibility index (Phi) is 3.34. The molecule has 0 saturated carbocycles. The number of hydrogen-bond acceptors (Lipinski definition) is 2. The third-order valence-corrected chi connectivity index (χ3v) is 2.46. The zero-order valence-electron chi connectivity index (χ0n) is 7.31. The van der Waals surface area contributed by atoms with Crippen LogP contribution in [0.3, 0.4) is 0 Å². The van der Waals surface area contributed by atoms with Crippen LogP contribution in [0.5, 0.6) is 0 Å². The van der Waals surface area contributed by atoms with E-state index in [-0.39, 0.29) is 0 Å². The van der Waals surface area contributed by atoms with Crippen LogP contribution in [-0.4, -0.2) is 24.9 Å². The van der Waals surface area contributed by atoms with Gasteiger partial charge in [-0.15, -0.1) is 0 Å². The van der Waals surface area contributed by atoms with E-state index in [9.17, 15) is 0 Å². The Morgan fingerprint density at radius 2 is 2.09 bits per heavy atom. The fraction of sp³-hybridized carbons (Fsp3) is 1.00. The second-order valence-corrected chi connectivity index (χ2v) is 3.57. The molecule has 0 amide bonds. The maximum Gasteiger partial charge on any atom is 0.0544 e. The van der Waals surface area contributed by atoms with E-state index in [1.165, 1.54) is 12.8 Å². The second-order valence-electron chi connectivity index (χ2n) is 3.57. The molecule has 0 aromatic heterocycles. The molecule has 1 saturated heterocycles. The normalized spacial score (nSPS) is 21.3. The first-order valence-electron chi connectivity index (χ1n) is 4.51. The summed E-state index contributed by atoms with van der Waals surface area (Å²) in [6, 6.07) is 0. The number of aliphatic hydroxyl groups excluding tert-OH is 1. The van der Waals surface area contributed by atoms with Crippen molar-refractivity contribution in [2.75, 3.05) is 19.8 Å². The van der Waals surface area contributed by atoms with Crippen molar-refractivity contribution in [2.45, 2.75) is 32.6 Å². The van der Waals surface area contributed by atoms with E-state index in [1.54, 1.807) is 0 Å². The first-order chi connectivity index (χ1) is 5.33. The van der Waals surface area contributed by atoms with E-state index in [0.717, 1.165) is 26.1 Å². The highest BCUT2D eigenvalue weighted by Gasteiger charge is 2.36. The van der Waals surface area contributed by atoms with Crippen molar-refractivity contribution >= 4 is 0 Å². The first-order valence-corrected chi connectivity index (χ1v) is 4.51. The molecule has 11 heavy (non-hydrogen) atoms. The first kappa shape index (κ1) is 9.01. The molecule has 0 aromatic rings. The highest BCUT2D eigenvalue weighted by molar-refractivity contribution is 4.84. The molecule has 1 fully saturated rings. The number of hydrogen-bond donors (Lipinski definition) is 1. The minimum Gasteiger partial charge on any atom is -0.396 e. The van der Waals surface area contributed by atoms with Crippen molar-refractivity contribution < 1.29 is 9.84 Å². The van der Waals surface area contributed by atoms with E-state index in [2.05, 4.69) is 6.92 Å². The smallest absolute Gasteiger partial charge is 0.0544 e. The second kappa shape index (κ2) is 4.07. The lowest BCUT2D eigenvalue weighted by atomic mass is 9.77. The lowest BCUT2D eigenvalue weighted by Gasteiger charge is -2.41. The lowest BCUT2D eigenvalue weighted by molar-refractivity contribution is -0.124. The highest BCUT2D eigenvalue weighted by atomic mass is 16.5. The van der Waals surface area contributed by atoms with E-state index in [1.807, 2.05) is 0 Å². The Labute approximate surface area is 68.6 Å². The molecule has 1 aliphatic heterocycles. The molecule has 2 nitrogen and oxygen atoms in total. The molecule has 66 valence electrons. The SMILES string of the molecule is CCCC1(CCCO)COC1. The van der Waals surface area contributed by atoms with Crippen LogP contribution in [0.15, 0.2) is 0 Å². The standard InChI is InChI=1S/C9H18O2/c1-2-4-9(5-3-6-10)7-11-8-9/h10H,2-8H2,1H3. The summed E-state index contributed by atoms with van der Waals surface area (Å²) in [6.07, 6.45) is 4.56. The molecular weight excluding hydrogens is 140 g/mol. The largest absolute Gasteiger partial charge is 0.396 e. The van der Waals surface area contributed by atoms with Crippen LogP contribution >= 0.6 is 0 Å². The van der Waals surface area contributed by atoms with Gasteiger partial charge in [-0.05, 0) is 19.3 Å². The van der Waals surface area contributed by atoms with Crippen molar-refractivity contribution in [3.8, 4) is 0 Å². The molecule has 1 rings (SSSR count). The summed E-state index contributed by atoms with van der Waals surface area (Å²) in [6.45, 7) is 4.37. The zero-order chi connectivity index (χ0) is 8.16. The molecule has 0 aliphatic carbocycles. The van der Waals surface area contributed by atoms with Gasteiger partial charge in [0.2, 0.25) is 0 Å². The van der Waals surface area contributed by atoms with Crippen molar-refractivity contribution in [1.82, 2.24) is 0 Å². The third kappa shape index (κ3) is 2.17. The number of ether oxygens (including phenoxy) is 1. The summed E-state index contributed by atoms with van der Waals surface area (Å²) in [7, 11) is 0. The molecule has 0 aromatic carbocycles. The van der Waals surface area contributed by atoms with Gasteiger partial charge in [0.1, 0.15) is 0 Å². The Hall–Kier alpha value is -0.0800. The maximum absolute atomic E-state index is 8.68. The van der Waals surface area contributed by atoms with Gasteiger partial charge in [-0.1, -0.05) is 13.3 Å². The van der Waals surface area contributed by atoms with Gasteiger partial charge < -0.3 is 9.84 Å². The predicted molar refractivity (Wildman–Crippen MR) is 44.5 cm³/mol. The average Bonchev–Trinajstić information content (AvgIpc) is 1.95. The van der Waals surface area contributed by atoms with Gasteiger partial charge >= 0.3 is 0 Å². The Balaban J connectivity index is 2.22. The summed E-state index contributed by atoms with van der Waals surface area (Å²) in [5.74, 6) is 0. The maximum atomic E-state index is 8.68. The quantitative estimate of drug-likeness (QED) is 0.658. The van der Waals surface area contributed by atoms with Gasteiger partial charge in [-0.3, -0.25) is 0 Å². The van der Waals surface area contributed by atoms with Crippen LogP contribution in [0, 0.1) is 5.41 Å². The number of rotatable bonds is 5. The van der Waals surface area contributed by atoms with Crippen molar-refractivity contribution in [1.29, 1.82) is 0 Å². The predicted octanol–water partition coefficient (Wildman–Crippen LogP) is 1.58. The van der Waals surface area contributed by atoms with E-state index < -0.39 is 0 Å². The van der Waals surface area contributed by atoms with E-state index in [0.29, 0.717) is 12.0 Å². The minimum absolute atomic E-state index is 0.325. The van der Waals surface area contributed by atoms with Crippen LogP contribution in [-0.2, 0) is 4.74 Å². The fourth-order valence-electron chi connectivity index (χ4n) is 1.79. The van der Waals surface area contributed by atoms with Crippen LogP contribution in [0.1, 0.15) is 32.6 Å². The minimum atomic E-state index is 0.325. The van der Waals surface area contributed by atoms with Gasteiger partial charge in [-0.2, -0.15) is 0 Å². The Morgan fingerprint density at radius 1 is 1.36 bits per heavy atom. The van der Waals surface area contributed by atoms with Crippen molar-refractivity contribution in [3.63, 3.8) is 0 Å². The average molecular weight is 158 g/mol. The summed E-state index contributed by atoms with van der Waals surface area (Å²) in [5.41, 5.74) is 0.442. The summed E-state index contributed by atoms with van der Waals surface area (Å²) in [5, 5.41) is 8.68. The van der Waals surface area contributed by atoms with Crippen LogP contribution in [0.4, 0.5) is 0 Å². The molecule has 0 bridgehead atoms. The lowest BCUT2D eigenvalue weighted by Crippen LogP contribution is -2.42. The van der Waals surface area contributed by atoms with Gasteiger partial charge in [0, 0.05) is 12.0 Å². The number of aliphatic hydroxyl groups is 1. The van der Waals surface area contributed by atoms with Crippen molar-refractivity contribution in [3.05, 3.63) is 0 Å². The monoisotopic (exact) mass is 158 g/mol. The molecule has 0 atom stereocenters. The topological polar surface area (TPSA) is 29.5 Å². The van der Waals surface area contributed by atoms with E-state index >= 15 is 0 Å². The third-order valence-electron chi connectivity index (χ3n) is 2.46. The Morgan fingerprint density at radius 3 is 2.45 bits per heavy atom. The molecule has 0 unspecified atom stereocenters. The van der Waals surface area contributed by atoms with Gasteiger partial charge in [0.15, 0.2) is 0 Å². The zero-order valence-corrected chi connectivity index (χ0v) is 7.31. The highest BCUT2D eigenvalue weighted by Crippen LogP contribution is 2.37. The molecule has 1 aliphatic rings. The van der Waals surface area contributed by atoms with Gasteiger partial charge in [0.05, 0.1) is 13.2 Å². The molecule has 1 N–H and O–H groups in total. The molecular formula is C9H18O2. The molecule has 0 spiro atoms. The van der Waals surface area contributed by atoms with Crippen LogP contribution in [0.2, 0.25) is 0 Å². The molecule has 1 heterocycles. The molecule has 0 radical (unpaired) electrons. The van der Waals surface area contributed by atoms with E-state index in [4.69, 9.17) is 9.84 Å². The Bertz CT molecular complexity index is 108. The van der Waals surface area contributed by atoms with Crippen LogP contribution < -0.4 is 0 Å². The summed E-state index contributed by atoms with van der Waals surface area (Å²) in [4.78, 5) is 0. The fourth-order valence-corrected chi connectivity index (χ4v) is 1.79. The van der Waals surface area contributed by atoms with Gasteiger partial charge in [-0.25, -0.2) is 0 Å². The van der Waals surface area contributed by atoms with Crippen LogP contribution in [0.25, 0.3) is 0 Å².